The average Bonchev–Trinajstić information content (AvgIpc) is 2.64. The van der Waals surface area contributed by atoms with E-state index >= 15 is 0 Å². The van der Waals surface area contributed by atoms with Gasteiger partial charge in [0, 0.05) is 14.8 Å². The van der Waals surface area contributed by atoms with Crippen LogP contribution in [0.25, 0.3) is 0 Å². The van der Waals surface area contributed by atoms with Crippen LogP contribution in [0.1, 0.15) is 24.1 Å². The van der Waals surface area contributed by atoms with E-state index in [4.69, 9.17) is 16.3 Å². The molecule has 5 heteroatoms. The Morgan fingerprint density at radius 2 is 2.14 bits per heavy atom. The predicted molar refractivity (Wildman–Crippen MR) is 88.6 cm³/mol. The SMILES string of the molecule is CCOC(=O)N[C@H]1Cc2ccccc2Sc2ccc(Cl)cc21. The van der Waals surface area contributed by atoms with Gasteiger partial charge in [0.25, 0.3) is 0 Å². The first kappa shape index (κ1) is 15.3. The molecular formula is C17H16ClNO2S. The molecule has 0 unspecified atom stereocenters. The number of benzene rings is 2. The largest absolute Gasteiger partial charge is 0.450 e. The van der Waals surface area contributed by atoms with E-state index in [9.17, 15) is 4.79 Å². The molecule has 0 saturated heterocycles. The molecular weight excluding hydrogens is 318 g/mol. The third-order valence-electron chi connectivity index (χ3n) is 3.53. The lowest BCUT2D eigenvalue weighted by Gasteiger charge is -2.19. The van der Waals surface area contributed by atoms with Crippen LogP contribution in [0.4, 0.5) is 4.79 Å². The van der Waals surface area contributed by atoms with E-state index < -0.39 is 6.09 Å². The van der Waals surface area contributed by atoms with E-state index in [2.05, 4.69) is 17.4 Å². The summed E-state index contributed by atoms with van der Waals surface area (Å²) in [6, 6.07) is 13.9. The van der Waals surface area contributed by atoms with Gasteiger partial charge in [-0.1, -0.05) is 41.6 Å². The van der Waals surface area contributed by atoms with E-state index in [1.807, 2.05) is 30.3 Å². The van der Waals surface area contributed by atoms with Crippen LogP contribution >= 0.6 is 23.4 Å². The van der Waals surface area contributed by atoms with Gasteiger partial charge in [-0.2, -0.15) is 0 Å². The summed E-state index contributed by atoms with van der Waals surface area (Å²) in [7, 11) is 0. The van der Waals surface area contributed by atoms with Gasteiger partial charge in [0.2, 0.25) is 0 Å². The van der Waals surface area contributed by atoms with Gasteiger partial charge in [-0.05, 0) is 48.7 Å². The molecule has 1 atom stereocenters. The average molecular weight is 334 g/mol. The molecule has 0 bridgehead atoms. The van der Waals surface area contributed by atoms with E-state index in [-0.39, 0.29) is 6.04 Å². The van der Waals surface area contributed by atoms with Gasteiger partial charge in [-0.15, -0.1) is 0 Å². The number of halogens is 1. The van der Waals surface area contributed by atoms with Crippen molar-refractivity contribution in [3.05, 3.63) is 58.6 Å². The van der Waals surface area contributed by atoms with Gasteiger partial charge in [0.1, 0.15) is 0 Å². The molecule has 0 saturated carbocycles. The maximum absolute atomic E-state index is 11.9. The summed E-state index contributed by atoms with van der Waals surface area (Å²) < 4.78 is 5.03. The van der Waals surface area contributed by atoms with Crippen LogP contribution in [0.5, 0.6) is 0 Å². The number of ether oxygens (including phenoxy) is 1. The van der Waals surface area contributed by atoms with Gasteiger partial charge in [0.05, 0.1) is 12.6 Å². The number of nitrogens with one attached hydrogen (secondary N) is 1. The number of amides is 1. The van der Waals surface area contributed by atoms with Crippen LogP contribution in [0.15, 0.2) is 52.3 Å². The molecule has 1 aliphatic heterocycles. The highest BCUT2D eigenvalue weighted by Crippen LogP contribution is 2.41. The van der Waals surface area contributed by atoms with E-state index in [1.165, 1.54) is 10.5 Å². The standard InChI is InChI=1S/C17H16ClNO2S/c1-2-21-17(20)19-14-9-11-5-3-4-6-15(11)22-16-8-7-12(18)10-13(14)16/h3-8,10,14H,2,9H2,1H3,(H,19,20)/t14-/m0/s1. The van der Waals surface area contributed by atoms with E-state index in [1.54, 1.807) is 18.7 Å². The lowest BCUT2D eigenvalue weighted by Crippen LogP contribution is -2.30. The summed E-state index contributed by atoms with van der Waals surface area (Å²) in [5.74, 6) is 0. The van der Waals surface area contributed by atoms with Gasteiger partial charge in [-0.3, -0.25) is 0 Å². The number of fused-ring (bicyclic) bond motifs is 2. The number of alkyl carbamates (subject to hydrolysis) is 1. The third kappa shape index (κ3) is 3.23. The topological polar surface area (TPSA) is 38.3 Å². The highest BCUT2D eigenvalue weighted by atomic mass is 35.5. The molecule has 3 nitrogen and oxygen atoms in total. The second-order valence-electron chi connectivity index (χ2n) is 5.01. The van der Waals surface area contributed by atoms with Gasteiger partial charge < -0.3 is 10.1 Å². The van der Waals surface area contributed by atoms with Crippen LogP contribution in [-0.4, -0.2) is 12.7 Å². The second kappa shape index (κ2) is 6.63. The zero-order chi connectivity index (χ0) is 15.5. The Morgan fingerprint density at radius 3 is 2.95 bits per heavy atom. The highest BCUT2D eigenvalue weighted by molar-refractivity contribution is 7.99. The molecule has 0 radical (unpaired) electrons. The monoisotopic (exact) mass is 333 g/mol. The molecule has 114 valence electrons. The minimum absolute atomic E-state index is 0.149. The van der Waals surface area contributed by atoms with Gasteiger partial charge in [-0.25, -0.2) is 4.79 Å². The molecule has 1 N–H and O–H groups in total. The molecule has 1 aliphatic rings. The lowest BCUT2D eigenvalue weighted by atomic mass is 9.99. The van der Waals surface area contributed by atoms with Crippen LogP contribution in [0.2, 0.25) is 5.02 Å². The third-order valence-corrected chi connectivity index (χ3v) is 4.98. The molecule has 1 amide bonds. The number of carbonyl (C=O) groups is 1. The van der Waals surface area contributed by atoms with Crippen molar-refractivity contribution in [2.24, 2.45) is 0 Å². The molecule has 22 heavy (non-hydrogen) atoms. The Bertz CT molecular complexity index is 705. The predicted octanol–water partition coefficient (Wildman–Crippen LogP) is 4.83. The fourth-order valence-electron chi connectivity index (χ4n) is 2.55. The van der Waals surface area contributed by atoms with Crippen LogP contribution in [-0.2, 0) is 11.2 Å². The summed E-state index contributed by atoms with van der Waals surface area (Å²) >= 11 is 7.86. The Kier molecular flexibility index (Phi) is 4.60. The second-order valence-corrected chi connectivity index (χ2v) is 6.53. The highest BCUT2D eigenvalue weighted by Gasteiger charge is 2.24. The van der Waals surface area contributed by atoms with Gasteiger partial charge in [0.15, 0.2) is 0 Å². The molecule has 0 fully saturated rings. The zero-order valence-corrected chi connectivity index (χ0v) is 13.7. The molecule has 2 aromatic carbocycles. The Balaban J connectivity index is 2.00. The summed E-state index contributed by atoms with van der Waals surface area (Å²) in [5.41, 5.74) is 2.24. The Morgan fingerprint density at radius 1 is 1.32 bits per heavy atom. The number of hydrogen-bond acceptors (Lipinski definition) is 3. The first-order valence-corrected chi connectivity index (χ1v) is 8.35. The minimum atomic E-state index is -0.400. The smallest absolute Gasteiger partial charge is 0.407 e. The molecule has 0 aliphatic carbocycles. The van der Waals surface area contributed by atoms with Crippen LogP contribution in [0, 0.1) is 0 Å². The van der Waals surface area contributed by atoms with Crippen molar-refractivity contribution in [2.75, 3.05) is 6.61 Å². The Hall–Kier alpha value is -1.65. The van der Waals surface area contributed by atoms with Gasteiger partial charge >= 0.3 is 6.09 Å². The minimum Gasteiger partial charge on any atom is -0.450 e. The van der Waals surface area contributed by atoms with Crippen LogP contribution < -0.4 is 5.32 Å². The molecule has 0 aromatic heterocycles. The maximum Gasteiger partial charge on any atom is 0.407 e. The van der Waals surface area contributed by atoms with E-state index in [0.29, 0.717) is 11.6 Å². The summed E-state index contributed by atoms with van der Waals surface area (Å²) in [4.78, 5) is 14.2. The van der Waals surface area contributed by atoms with Crippen molar-refractivity contribution < 1.29 is 9.53 Å². The fraction of sp³-hybridized carbons (Fsp3) is 0.235. The number of hydrogen-bond donors (Lipinski definition) is 1. The molecule has 1 heterocycles. The summed E-state index contributed by atoms with van der Waals surface area (Å²) in [5, 5.41) is 3.62. The van der Waals surface area contributed by atoms with Crippen LogP contribution in [0.3, 0.4) is 0 Å². The first-order chi connectivity index (χ1) is 10.7. The van der Waals surface area contributed by atoms with Crippen molar-refractivity contribution >= 4 is 29.5 Å². The van der Waals surface area contributed by atoms with Crippen molar-refractivity contribution in [1.29, 1.82) is 0 Å². The first-order valence-electron chi connectivity index (χ1n) is 7.16. The van der Waals surface area contributed by atoms with Crippen molar-refractivity contribution in [3.8, 4) is 0 Å². The quantitative estimate of drug-likeness (QED) is 0.855. The summed E-state index contributed by atoms with van der Waals surface area (Å²) in [6.07, 6.45) is 0.317. The Labute approximate surface area is 139 Å². The van der Waals surface area contributed by atoms with Crippen molar-refractivity contribution in [2.45, 2.75) is 29.2 Å². The maximum atomic E-state index is 11.9. The summed E-state index contributed by atoms with van der Waals surface area (Å²) in [6.45, 7) is 2.15. The normalized spacial score (nSPS) is 16.2. The number of rotatable bonds is 2. The van der Waals surface area contributed by atoms with E-state index in [0.717, 1.165) is 16.9 Å². The number of carbonyl (C=O) groups excluding carboxylic acids is 1. The molecule has 0 spiro atoms. The fourth-order valence-corrected chi connectivity index (χ4v) is 3.85. The van der Waals surface area contributed by atoms with Crippen molar-refractivity contribution in [3.63, 3.8) is 0 Å². The zero-order valence-electron chi connectivity index (χ0n) is 12.1. The molecule has 2 aromatic rings. The van der Waals surface area contributed by atoms with Crippen molar-refractivity contribution in [1.82, 2.24) is 5.32 Å². The lowest BCUT2D eigenvalue weighted by molar-refractivity contribution is 0.148. The molecule has 3 rings (SSSR count).